The Morgan fingerprint density at radius 1 is 1.03 bits per heavy atom. The minimum absolute atomic E-state index is 0.0664. The molecule has 0 spiro atoms. The minimum atomic E-state index is -0.573. The molecule has 32 heavy (non-hydrogen) atoms. The predicted octanol–water partition coefficient (Wildman–Crippen LogP) is 4.00. The zero-order chi connectivity index (χ0) is 22.6. The minimum Gasteiger partial charge on any atom is -0.494 e. The summed E-state index contributed by atoms with van der Waals surface area (Å²) in [6.07, 6.45) is 13.9. The molecule has 0 aliphatic heterocycles. The van der Waals surface area contributed by atoms with Gasteiger partial charge in [0.1, 0.15) is 17.9 Å². The van der Waals surface area contributed by atoms with Gasteiger partial charge >= 0.3 is 5.97 Å². The molecule has 1 amide bonds. The molecule has 1 aromatic rings. The van der Waals surface area contributed by atoms with Crippen LogP contribution in [0.3, 0.4) is 0 Å². The molecule has 0 bridgehead atoms. The fourth-order valence-electron chi connectivity index (χ4n) is 4.56. The van der Waals surface area contributed by atoms with E-state index < -0.39 is 5.91 Å². The number of hydroxylamine groups is 1. The highest BCUT2D eigenvalue weighted by molar-refractivity contribution is 5.90. The molecule has 0 radical (unpaired) electrons. The standard InChI is InChI=1S/C25H36N2O5/c28-23(27-30)16-13-19-11-14-21(15-12-19)31-18-6-17-26-24(20-7-2-1-3-8-20)25(29)32-22-9-4-5-10-22/h11-16,20,22,24,26,30H,1-10,17-18H2,(H,27,28)/b16-13+/t24-/m0/s1. The molecule has 176 valence electrons. The van der Waals surface area contributed by atoms with Crippen LogP contribution < -0.4 is 15.5 Å². The van der Waals surface area contributed by atoms with Gasteiger partial charge in [0.2, 0.25) is 0 Å². The van der Waals surface area contributed by atoms with Crippen LogP contribution >= 0.6 is 0 Å². The third-order valence-electron chi connectivity index (χ3n) is 6.33. The molecule has 2 aliphatic rings. The second kappa shape index (κ2) is 13.2. The molecular weight excluding hydrogens is 408 g/mol. The number of nitrogens with one attached hydrogen (secondary N) is 2. The van der Waals surface area contributed by atoms with Crippen molar-refractivity contribution in [3.8, 4) is 5.75 Å². The first kappa shape index (κ1) is 24.3. The van der Waals surface area contributed by atoms with E-state index in [9.17, 15) is 9.59 Å². The van der Waals surface area contributed by atoms with Gasteiger partial charge in [-0.3, -0.25) is 14.8 Å². The summed E-state index contributed by atoms with van der Waals surface area (Å²) in [5, 5.41) is 12.0. The van der Waals surface area contributed by atoms with Gasteiger partial charge in [-0.2, -0.15) is 0 Å². The molecule has 7 heteroatoms. The number of hydrogen-bond donors (Lipinski definition) is 3. The maximum atomic E-state index is 12.9. The summed E-state index contributed by atoms with van der Waals surface area (Å²) in [7, 11) is 0. The molecule has 0 unspecified atom stereocenters. The van der Waals surface area contributed by atoms with Crippen molar-refractivity contribution in [1.82, 2.24) is 10.8 Å². The van der Waals surface area contributed by atoms with Crippen molar-refractivity contribution in [1.29, 1.82) is 0 Å². The molecular formula is C25H36N2O5. The van der Waals surface area contributed by atoms with E-state index in [1.54, 1.807) is 11.6 Å². The van der Waals surface area contributed by atoms with Gasteiger partial charge in [-0.05, 0) is 81.2 Å². The highest BCUT2D eigenvalue weighted by Gasteiger charge is 2.32. The van der Waals surface area contributed by atoms with Gasteiger partial charge < -0.3 is 14.8 Å². The van der Waals surface area contributed by atoms with Crippen LogP contribution in [0.25, 0.3) is 6.08 Å². The summed E-state index contributed by atoms with van der Waals surface area (Å²) in [6.45, 7) is 1.25. The Balaban J connectivity index is 1.41. The molecule has 1 aromatic carbocycles. The van der Waals surface area contributed by atoms with Gasteiger partial charge in [0.15, 0.2) is 0 Å². The van der Waals surface area contributed by atoms with E-state index in [4.69, 9.17) is 14.7 Å². The van der Waals surface area contributed by atoms with Crippen molar-refractivity contribution in [3.05, 3.63) is 35.9 Å². The Morgan fingerprint density at radius 3 is 2.41 bits per heavy atom. The largest absolute Gasteiger partial charge is 0.494 e. The van der Waals surface area contributed by atoms with Crippen molar-refractivity contribution in [2.45, 2.75) is 76.4 Å². The molecule has 0 aromatic heterocycles. The smallest absolute Gasteiger partial charge is 0.323 e. The highest BCUT2D eigenvalue weighted by Crippen LogP contribution is 2.28. The number of amides is 1. The fourth-order valence-corrected chi connectivity index (χ4v) is 4.56. The monoisotopic (exact) mass is 444 g/mol. The van der Waals surface area contributed by atoms with Gasteiger partial charge in [-0.15, -0.1) is 0 Å². The lowest BCUT2D eigenvalue weighted by Gasteiger charge is -2.30. The van der Waals surface area contributed by atoms with E-state index >= 15 is 0 Å². The number of ether oxygens (including phenoxy) is 2. The molecule has 2 fully saturated rings. The maximum Gasteiger partial charge on any atom is 0.323 e. The molecule has 1 atom stereocenters. The van der Waals surface area contributed by atoms with E-state index in [0.29, 0.717) is 19.1 Å². The molecule has 2 saturated carbocycles. The van der Waals surface area contributed by atoms with Crippen LogP contribution in [0.5, 0.6) is 5.75 Å². The number of benzene rings is 1. The van der Waals surface area contributed by atoms with Crippen LogP contribution in [0.1, 0.15) is 69.8 Å². The first-order valence-electron chi connectivity index (χ1n) is 11.9. The van der Waals surface area contributed by atoms with Crippen LogP contribution in [-0.2, 0) is 14.3 Å². The highest BCUT2D eigenvalue weighted by atomic mass is 16.5. The number of rotatable bonds is 11. The van der Waals surface area contributed by atoms with Crippen LogP contribution in [0.2, 0.25) is 0 Å². The van der Waals surface area contributed by atoms with E-state index in [-0.39, 0.29) is 18.1 Å². The number of hydrogen-bond acceptors (Lipinski definition) is 6. The lowest BCUT2D eigenvalue weighted by Crippen LogP contribution is -2.46. The first-order valence-corrected chi connectivity index (χ1v) is 11.9. The molecule has 7 nitrogen and oxygen atoms in total. The summed E-state index contributed by atoms with van der Waals surface area (Å²) in [6, 6.07) is 7.15. The maximum absolute atomic E-state index is 12.9. The Morgan fingerprint density at radius 2 is 1.72 bits per heavy atom. The third-order valence-corrected chi connectivity index (χ3v) is 6.33. The average molecular weight is 445 g/mol. The van der Waals surface area contributed by atoms with Crippen molar-refractivity contribution in [3.63, 3.8) is 0 Å². The first-order chi connectivity index (χ1) is 15.7. The summed E-state index contributed by atoms with van der Waals surface area (Å²) in [4.78, 5) is 23.9. The van der Waals surface area contributed by atoms with Gasteiger partial charge in [0.05, 0.1) is 6.61 Å². The number of esters is 1. The summed E-state index contributed by atoms with van der Waals surface area (Å²) >= 11 is 0. The normalized spacial score (nSPS) is 18.5. The molecule has 0 heterocycles. The Kier molecular flexibility index (Phi) is 10.0. The van der Waals surface area contributed by atoms with Gasteiger partial charge in [-0.1, -0.05) is 31.4 Å². The third kappa shape index (κ3) is 7.95. The van der Waals surface area contributed by atoms with E-state index in [0.717, 1.165) is 56.3 Å². The topological polar surface area (TPSA) is 96.9 Å². The van der Waals surface area contributed by atoms with Crippen molar-refractivity contribution >= 4 is 18.0 Å². The van der Waals surface area contributed by atoms with Crippen LogP contribution in [-0.4, -0.2) is 42.4 Å². The Bertz CT molecular complexity index is 737. The molecule has 2 aliphatic carbocycles. The average Bonchev–Trinajstić information content (AvgIpc) is 3.34. The van der Waals surface area contributed by atoms with Crippen LogP contribution in [0.15, 0.2) is 30.3 Å². The van der Waals surface area contributed by atoms with Crippen LogP contribution in [0, 0.1) is 5.92 Å². The van der Waals surface area contributed by atoms with E-state index in [2.05, 4.69) is 5.32 Å². The number of carbonyl (C=O) groups excluding carboxylic acids is 2. The van der Waals surface area contributed by atoms with E-state index in [1.807, 2.05) is 24.3 Å². The lowest BCUT2D eigenvalue weighted by atomic mass is 9.84. The Labute approximate surface area is 190 Å². The molecule has 3 rings (SSSR count). The second-order valence-corrected chi connectivity index (χ2v) is 8.75. The summed E-state index contributed by atoms with van der Waals surface area (Å²) in [5.74, 6) is 0.477. The summed E-state index contributed by atoms with van der Waals surface area (Å²) in [5.41, 5.74) is 2.39. The summed E-state index contributed by atoms with van der Waals surface area (Å²) < 4.78 is 11.6. The van der Waals surface area contributed by atoms with Gasteiger partial charge in [0, 0.05) is 6.08 Å². The van der Waals surface area contributed by atoms with Crippen molar-refractivity contribution in [2.24, 2.45) is 5.92 Å². The van der Waals surface area contributed by atoms with Crippen molar-refractivity contribution in [2.75, 3.05) is 13.2 Å². The molecule has 0 saturated heterocycles. The lowest BCUT2D eigenvalue weighted by molar-refractivity contribution is -0.153. The Hall–Kier alpha value is -2.38. The quantitative estimate of drug-likeness (QED) is 0.157. The van der Waals surface area contributed by atoms with Gasteiger partial charge in [-0.25, -0.2) is 5.48 Å². The van der Waals surface area contributed by atoms with Gasteiger partial charge in [0.25, 0.3) is 5.91 Å². The second-order valence-electron chi connectivity index (χ2n) is 8.75. The van der Waals surface area contributed by atoms with E-state index in [1.165, 1.54) is 25.3 Å². The van der Waals surface area contributed by atoms with Crippen LogP contribution in [0.4, 0.5) is 0 Å². The zero-order valence-corrected chi connectivity index (χ0v) is 18.8. The number of carbonyl (C=O) groups is 2. The fraction of sp³-hybridized carbons (Fsp3) is 0.600. The predicted molar refractivity (Wildman–Crippen MR) is 122 cm³/mol. The zero-order valence-electron chi connectivity index (χ0n) is 18.8. The molecule has 3 N–H and O–H groups in total. The SMILES string of the molecule is O=C(/C=C/c1ccc(OCCCN[C@H](C(=O)OC2CCCC2)C2CCCCC2)cc1)NO. The van der Waals surface area contributed by atoms with Crippen molar-refractivity contribution < 1.29 is 24.3 Å².